The summed E-state index contributed by atoms with van der Waals surface area (Å²) in [6.07, 6.45) is 0.724. The average molecular weight is 190 g/mol. The number of carbonyl (C=O) groups excluding carboxylic acids is 1. The molecule has 1 heterocycles. The van der Waals surface area contributed by atoms with Crippen molar-refractivity contribution in [1.82, 2.24) is 0 Å². The zero-order valence-electron chi connectivity index (χ0n) is 8.21. The summed E-state index contributed by atoms with van der Waals surface area (Å²) in [5.74, 6) is 0.0333. The van der Waals surface area contributed by atoms with Gasteiger partial charge in [0.05, 0.1) is 5.92 Å². The Kier molecular flexibility index (Phi) is 2.25. The van der Waals surface area contributed by atoms with Gasteiger partial charge in [-0.3, -0.25) is 4.79 Å². The lowest BCUT2D eigenvalue weighted by Gasteiger charge is -2.06. The van der Waals surface area contributed by atoms with Crippen molar-refractivity contribution in [3.05, 3.63) is 29.3 Å². The molecule has 3 heteroatoms. The number of nitrogens with one attached hydrogen (secondary N) is 1. The van der Waals surface area contributed by atoms with Crippen molar-refractivity contribution in [1.29, 1.82) is 0 Å². The minimum absolute atomic E-state index is 0.0464. The maximum Gasteiger partial charge on any atom is 0.232 e. The van der Waals surface area contributed by atoms with Crippen LogP contribution in [-0.2, 0) is 4.79 Å². The fraction of sp³-hybridized carbons (Fsp3) is 0.364. The Balaban J connectivity index is 2.39. The van der Waals surface area contributed by atoms with E-state index in [1.54, 1.807) is 0 Å². The third-order valence-electron chi connectivity index (χ3n) is 2.61. The molecule has 1 aliphatic rings. The lowest BCUT2D eigenvalue weighted by Crippen LogP contribution is -2.15. The number of amides is 1. The second kappa shape index (κ2) is 3.42. The van der Waals surface area contributed by atoms with Gasteiger partial charge >= 0.3 is 0 Å². The summed E-state index contributed by atoms with van der Waals surface area (Å²) >= 11 is 0. The fourth-order valence-electron chi connectivity index (χ4n) is 1.90. The van der Waals surface area contributed by atoms with Crippen molar-refractivity contribution in [2.75, 3.05) is 11.9 Å². The molecule has 3 N–H and O–H groups in total. The molecular formula is C11H14N2O. The Morgan fingerprint density at radius 3 is 3.00 bits per heavy atom. The van der Waals surface area contributed by atoms with Crippen LogP contribution in [0.3, 0.4) is 0 Å². The Morgan fingerprint density at radius 2 is 2.29 bits per heavy atom. The minimum Gasteiger partial charge on any atom is -0.330 e. The predicted molar refractivity (Wildman–Crippen MR) is 56.2 cm³/mol. The van der Waals surface area contributed by atoms with E-state index in [0.29, 0.717) is 6.54 Å². The molecular weight excluding hydrogens is 176 g/mol. The van der Waals surface area contributed by atoms with Gasteiger partial charge in [-0.25, -0.2) is 0 Å². The Labute approximate surface area is 83.3 Å². The molecule has 0 spiro atoms. The minimum atomic E-state index is -0.0464. The number of anilines is 1. The van der Waals surface area contributed by atoms with Crippen LogP contribution in [0.15, 0.2) is 18.2 Å². The maximum atomic E-state index is 11.6. The molecule has 1 aliphatic heterocycles. The first-order valence-corrected chi connectivity index (χ1v) is 4.84. The molecule has 14 heavy (non-hydrogen) atoms. The lowest BCUT2D eigenvalue weighted by molar-refractivity contribution is -0.117. The molecule has 1 aromatic rings. The first-order chi connectivity index (χ1) is 6.72. The van der Waals surface area contributed by atoms with Crippen molar-refractivity contribution < 1.29 is 4.79 Å². The van der Waals surface area contributed by atoms with Crippen molar-refractivity contribution in [2.45, 2.75) is 19.3 Å². The number of hydrogen-bond acceptors (Lipinski definition) is 2. The Hall–Kier alpha value is -1.35. The summed E-state index contributed by atoms with van der Waals surface area (Å²) in [6.45, 7) is 2.58. The van der Waals surface area contributed by atoms with E-state index in [1.807, 2.05) is 19.1 Å². The molecule has 74 valence electrons. The third-order valence-corrected chi connectivity index (χ3v) is 2.61. The quantitative estimate of drug-likeness (QED) is 0.740. The third kappa shape index (κ3) is 1.40. The summed E-state index contributed by atoms with van der Waals surface area (Å²) in [6, 6.07) is 6.02. The molecule has 1 unspecified atom stereocenters. The molecule has 0 bridgehead atoms. The highest BCUT2D eigenvalue weighted by Crippen LogP contribution is 2.34. The van der Waals surface area contributed by atoms with E-state index in [1.165, 1.54) is 5.56 Å². The normalized spacial score (nSPS) is 19.3. The molecule has 0 aliphatic carbocycles. The smallest absolute Gasteiger partial charge is 0.232 e. The first-order valence-electron chi connectivity index (χ1n) is 4.84. The van der Waals surface area contributed by atoms with E-state index in [2.05, 4.69) is 11.4 Å². The summed E-state index contributed by atoms with van der Waals surface area (Å²) < 4.78 is 0. The lowest BCUT2D eigenvalue weighted by atomic mass is 9.96. The highest BCUT2D eigenvalue weighted by Gasteiger charge is 2.29. The van der Waals surface area contributed by atoms with Crippen LogP contribution in [0.2, 0.25) is 0 Å². The molecule has 0 saturated heterocycles. The van der Waals surface area contributed by atoms with Crippen LogP contribution in [0, 0.1) is 6.92 Å². The monoisotopic (exact) mass is 190 g/mol. The number of fused-ring (bicyclic) bond motifs is 1. The van der Waals surface area contributed by atoms with Gasteiger partial charge in [0.1, 0.15) is 0 Å². The molecule has 0 aromatic heterocycles. The molecule has 2 rings (SSSR count). The van der Waals surface area contributed by atoms with Crippen LogP contribution in [0.25, 0.3) is 0 Å². The van der Waals surface area contributed by atoms with E-state index >= 15 is 0 Å². The largest absolute Gasteiger partial charge is 0.330 e. The number of aryl methyl sites for hydroxylation is 1. The standard InChI is InChI=1S/C11H14N2O/c1-7-2-3-10-9(6-7)8(4-5-12)11(14)13-10/h2-3,6,8H,4-5,12H2,1H3,(H,13,14). The number of benzene rings is 1. The summed E-state index contributed by atoms with van der Waals surface area (Å²) in [5.41, 5.74) is 8.71. The summed E-state index contributed by atoms with van der Waals surface area (Å²) in [5, 5.41) is 2.86. The van der Waals surface area contributed by atoms with E-state index in [0.717, 1.165) is 17.7 Å². The number of rotatable bonds is 2. The van der Waals surface area contributed by atoms with Crippen molar-refractivity contribution in [3.63, 3.8) is 0 Å². The average Bonchev–Trinajstić information content (AvgIpc) is 2.45. The van der Waals surface area contributed by atoms with Crippen LogP contribution < -0.4 is 11.1 Å². The van der Waals surface area contributed by atoms with Gasteiger partial charge in [0.2, 0.25) is 5.91 Å². The topological polar surface area (TPSA) is 55.1 Å². The van der Waals surface area contributed by atoms with Crippen LogP contribution in [0.4, 0.5) is 5.69 Å². The van der Waals surface area contributed by atoms with E-state index < -0.39 is 0 Å². The van der Waals surface area contributed by atoms with E-state index in [-0.39, 0.29) is 11.8 Å². The molecule has 1 aromatic carbocycles. The molecule has 0 radical (unpaired) electrons. The van der Waals surface area contributed by atoms with Gasteiger partial charge in [0.15, 0.2) is 0 Å². The summed E-state index contributed by atoms with van der Waals surface area (Å²) in [4.78, 5) is 11.6. The second-order valence-electron chi connectivity index (χ2n) is 3.71. The van der Waals surface area contributed by atoms with Crippen LogP contribution in [-0.4, -0.2) is 12.5 Å². The number of hydrogen-bond donors (Lipinski definition) is 2. The van der Waals surface area contributed by atoms with Gasteiger partial charge in [-0.1, -0.05) is 17.7 Å². The Morgan fingerprint density at radius 1 is 1.50 bits per heavy atom. The van der Waals surface area contributed by atoms with Gasteiger partial charge in [-0.05, 0) is 31.5 Å². The van der Waals surface area contributed by atoms with Crippen molar-refractivity contribution in [3.8, 4) is 0 Å². The van der Waals surface area contributed by atoms with Gasteiger partial charge in [-0.2, -0.15) is 0 Å². The van der Waals surface area contributed by atoms with Gasteiger partial charge in [-0.15, -0.1) is 0 Å². The fourth-order valence-corrected chi connectivity index (χ4v) is 1.90. The highest BCUT2D eigenvalue weighted by molar-refractivity contribution is 6.02. The second-order valence-corrected chi connectivity index (χ2v) is 3.71. The van der Waals surface area contributed by atoms with Crippen LogP contribution >= 0.6 is 0 Å². The van der Waals surface area contributed by atoms with Gasteiger partial charge < -0.3 is 11.1 Å². The molecule has 0 fully saturated rings. The number of nitrogens with two attached hydrogens (primary N) is 1. The van der Waals surface area contributed by atoms with E-state index in [4.69, 9.17) is 5.73 Å². The van der Waals surface area contributed by atoms with Crippen LogP contribution in [0.5, 0.6) is 0 Å². The van der Waals surface area contributed by atoms with E-state index in [9.17, 15) is 4.79 Å². The molecule has 3 nitrogen and oxygen atoms in total. The van der Waals surface area contributed by atoms with Crippen molar-refractivity contribution >= 4 is 11.6 Å². The summed E-state index contributed by atoms with van der Waals surface area (Å²) in [7, 11) is 0. The van der Waals surface area contributed by atoms with Gasteiger partial charge in [0.25, 0.3) is 0 Å². The maximum absolute atomic E-state index is 11.6. The number of carbonyl (C=O) groups is 1. The first kappa shape index (κ1) is 9.21. The predicted octanol–water partition coefficient (Wildman–Crippen LogP) is 1.38. The molecule has 1 atom stereocenters. The zero-order chi connectivity index (χ0) is 10.1. The highest BCUT2D eigenvalue weighted by atomic mass is 16.2. The SMILES string of the molecule is Cc1ccc2c(c1)C(CCN)C(=O)N2. The molecule has 1 amide bonds. The van der Waals surface area contributed by atoms with Gasteiger partial charge in [0, 0.05) is 5.69 Å². The van der Waals surface area contributed by atoms with Crippen molar-refractivity contribution in [2.24, 2.45) is 5.73 Å². The Bertz CT molecular complexity index is 374. The molecule has 0 saturated carbocycles. The zero-order valence-corrected chi connectivity index (χ0v) is 8.21. The van der Waals surface area contributed by atoms with Crippen LogP contribution in [0.1, 0.15) is 23.5 Å².